The molecule has 0 saturated carbocycles. The molecule has 1 unspecified atom stereocenters. The van der Waals surface area contributed by atoms with Crippen LogP contribution in [-0.2, 0) is 21.8 Å². The second-order valence-electron chi connectivity index (χ2n) is 5.10. The molecule has 0 aromatic carbocycles. The van der Waals surface area contributed by atoms with E-state index in [-0.39, 0.29) is 23.6 Å². The molecule has 120 valence electrons. The number of aryl methyl sites for hydroxylation is 1. The lowest BCUT2D eigenvalue weighted by molar-refractivity contribution is 0.0292. The second-order valence-corrected chi connectivity index (χ2v) is 6.87. The molecule has 8 nitrogen and oxygen atoms in total. The number of ether oxygens (including phenoxy) is 1. The molecule has 0 bridgehead atoms. The number of amides is 1. The molecule has 1 rings (SSSR count). The Labute approximate surface area is 123 Å². The van der Waals surface area contributed by atoms with Gasteiger partial charge in [0.1, 0.15) is 10.6 Å². The van der Waals surface area contributed by atoms with Gasteiger partial charge < -0.3 is 20.1 Å². The lowest BCUT2D eigenvalue weighted by Crippen LogP contribution is -2.41. The number of carbonyl (C=O) groups excluding carboxylic acids is 1. The van der Waals surface area contributed by atoms with E-state index in [1.165, 1.54) is 37.9 Å². The fraction of sp³-hybridized carbons (Fsp3) is 0.583. The average Bonchev–Trinajstić information content (AvgIpc) is 2.77. The third-order valence-electron chi connectivity index (χ3n) is 3.03. The van der Waals surface area contributed by atoms with E-state index in [4.69, 9.17) is 10.5 Å². The van der Waals surface area contributed by atoms with Crippen LogP contribution in [0.15, 0.2) is 17.2 Å². The van der Waals surface area contributed by atoms with Crippen LogP contribution in [0.1, 0.15) is 23.8 Å². The van der Waals surface area contributed by atoms with E-state index < -0.39 is 21.5 Å². The number of nitrogens with zero attached hydrogens (tertiary/aromatic N) is 1. The van der Waals surface area contributed by atoms with E-state index >= 15 is 0 Å². The summed E-state index contributed by atoms with van der Waals surface area (Å²) in [6, 6.07) is 1.19. The van der Waals surface area contributed by atoms with Gasteiger partial charge >= 0.3 is 0 Å². The third-order valence-corrected chi connectivity index (χ3v) is 4.40. The Bertz CT molecular complexity index is 606. The zero-order valence-corrected chi connectivity index (χ0v) is 13.1. The first kappa shape index (κ1) is 17.6. The lowest BCUT2D eigenvalue weighted by Gasteiger charge is -2.22. The van der Waals surface area contributed by atoms with Crippen molar-refractivity contribution in [3.8, 4) is 0 Å². The Kier molecular flexibility index (Phi) is 5.51. The average molecular weight is 319 g/mol. The third kappa shape index (κ3) is 4.81. The molecule has 1 amide bonds. The summed E-state index contributed by atoms with van der Waals surface area (Å²) in [5.41, 5.74) is 3.99. The minimum atomic E-state index is -3.83. The molecule has 4 N–H and O–H groups in total. The maximum atomic E-state index is 12.1. The van der Waals surface area contributed by atoms with Gasteiger partial charge in [-0.25, -0.2) is 13.1 Å². The van der Waals surface area contributed by atoms with Crippen molar-refractivity contribution in [2.75, 3.05) is 20.3 Å². The number of primary amides is 1. The highest BCUT2D eigenvalue weighted by Crippen LogP contribution is 2.15. The molecule has 0 fully saturated rings. The molecule has 1 aromatic rings. The van der Waals surface area contributed by atoms with Crippen molar-refractivity contribution in [3.05, 3.63) is 18.0 Å². The van der Waals surface area contributed by atoms with Crippen molar-refractivity contribution in [2.24, 2.45) is 12.8 Å². The van der Waals surface area contributed by atoms with Crippen LogP contribution in [0.3, 0.4) is 0 Å². The van der Waals surface area contributed by atoms with Gasteiger partial charge in [-0.2, -0.15) is 0 Å². The van der Waals surface area contributed by atoms with Crippen LogP contribution in [0.25, 0.3) is 0 Å². The molecule has 1 heterocycles. The van der Waals surface area contributed by atoms with Crippen LogP contribution >= 0.6 is 0 Å². The molecule has 0 saturated heterocycles. The summed E-state index contributed by atoms with van der Waals surface area (Å²) in [5, 5.41) is 10.0. The standard InChI is InChI=1S/C12H21N3O5S/c1-12(17,4-5-20-3)8-14-21(18,19)9-6-10(11(13)16)15(2)7-9/h6-7,14,17H,4-5,8H2,1-3H3,(H2,13,16). The van der Waals surface area contributed by atoms with E-state index in [0.29, 0.717) is 6.61 Å². The van der Waals surface area contributed by atoms with Gasteiger partial charge in [-0.3, -0.25) is 4.79 Å². The highest BCUT2D eigenvalue weighted by atomic mass is 32.2. The second kappa shape index (κ2) is 6.56. The highest BCUT2D eigenvalue weighted by Gasteiger charge is 2.25. The summed E-state index contributed by atoms with van der Waals surface area (Å²) in [4.78, 5) is 11.0. The summed E-state index contributed by atoms with van der Waals surface area (Å²) in [7, 11) is -0.816. The molecular formula is C12H21N3O5S. The van der Waals surface area contributed by atoms with Crippen molar-refractivity contribution < 1.29 is 23.1 Å². The smallest absolute Gasteiger partial charge is 0.265 e. The van der Waals surface area contributed by atoms with E-state index in [0.717, 1.165) is 0 Å². The van der Waals surface area contributed by atoms with Gasteiger partial charge in [0.2, 0.25) is 10.0 Å². The monoisotopic (exact) mass is 319 g/mol. The minimum Gasteiger partial charge on any atom is -0.389 e. The number of carbonyl (C=O) groups is 1. The van der Waals surface area contributed by atoms with Gasteiger partial charge in [0.15, 0.2) is 0 Å². The van der Waals surface area contributed by atoms with Crippen LogP contribution in [0.5, 0.6) is 0 Å². The van der Waals surface area contributed by atoms with E-state index in [2.05, 4.69) is 4.72 Å². The summed E-state index contributed by atoms with van der Waals surface area (Å²) in [6.07, 6.45) is 1.57. The molecule has 1 atom stereocenters. The summed E-state index contributed by atoms with van der Waals surface area (Å²) in [6.45, 7) is 1.65. The van der Waals surface area contributed by atoms with Crippen molar-refractivity contribution in [1.29, 1.82) is 0 Å². The molecule has 0 aliphatic carbocycles. The van der Waals surface area contributed by atoms with Crippen LogP contribution in [0.4, 0.5) is 0 Å². The minimum absolute atomic E-state index is 0.0821. The maximum absolute atomic E-state index is 12.1. The van der Waals surface area contributed by atoms with Crippen LogP contribution < -0.4 is 10.5 Å². The Morgan fingerprint density at radius 1 is 1.57 bits per heavy atom. The van der Waals surface area contributed by atoms with Gasteiger partial charge in [-0.15, -0.1) is 0 Å². The molecule has 0 radical (unpaired) electrons. The number of nitrogens with two attached hydrogens (primary N) is 1. The van der Waals surface area contributed by atoms with E-state index in [9.17, 15) is 18.3 Å². The molecular weight excluding hydrogens is 298 g/mol. The predicted molar refractivity (Wildman–Crippen MR) is 76.2 cm³/mol. The first-order chi connectivity index (χ1) is 9.59. The Hall–Kier alpha value is -1.42. The number of hydrogen-bond donors (Lipinski definition) is 3. The van der Waals surface area contributed by atoms with Crippen molar-refractivity contribution in [3.63, 3.8) is 0 Å². The maximum Gasteiger partial charge on any atom is 0.265 e. The molecule has 9 heteroatoms. The number of sulfonamides is 1. The normalized spacial score (nSPS) is 14.9. The Morgan fingerprint density at radius 3 is 2.67 bits per heavy atom. The van der Waals surface area contributed by atoms with Crippen LogP contribution in [0, 0.1) is 0 Å². The first-order valence-electron chi connectivity index (χ1n) is 6.26. The SMILES string of the molecule is COCCC(C)(O)CNS(=O)(=O)c1cc(C(N)=O)n(C)c1. The zero-order chi connectivity index (χ0) is 16.3. The zero-order valence-electron chi connectivity index (χ0n) is 12.3. The molecule has 0 spiro atoms. The molecule has 21 heavy (non-hydrogen) atoms. The number of rotatable bonds is 8. The van der Waals surface area contributed by atoms with Crippen LogP contribution in [0.2, 0.25) is 0 Å². The number of aromatic nitrogens is 1. The highest BCUT2D eigenvalue weighted by molar-refractivity contribution is 7.89. The van der Waals surface area contributed by atoms with Gasteiger partial charge in [0, 0.05) is 39.9 Å². The number of aliphatic hydroxyl groups is 1. The van der Waals surface area contributed by atoms with Gasteiger partial charge in [-0.1, -0.05) is 0 Å². The summed E-state index contributed by atoms with van der Waals surface area (Å²) < 4.78 is 32.7. The summed E-state index contributed by atoms with van der Waals surface area (Å²) in [5.74, 6) is -0.717. The lowest BCUT2D eigenvalue weighted by atomic mass is 10.0. The molecule has 0 aliphatic heterocycles. The van der Waals surface area contributed by atoms with Gasteiger partial charge in [0.05, 0.1) is 5.60 Å². The predicted octanol–water partition coefficient (Wildman–Crippen LogP) is -0.810. The van der Waals surface area contributed by atoms with Crippen molar-refractivity contribution >= 4 is 15.9 Å². The Balaban J connectivity index is 2.83. The fourth-order valence-electron chi connectivity index (χ4n) is 1.67. The molecule has 1 aromatic heterocycles. The summed E-state index contributed by atoms with van der Waals surface area (Å²) >= 11 is 0. The van der Waals surface area contributed by atoms with Crippen LogP contribution in [-0.4, -0.2) is 49.9 Å². The topological polar surface area (TPSA) is 124 Å². The number of hydrogen-bond acceptors (Lipinski definition) is 5. The fourth-order valence-corrected chi connectivity index (χ4v) is 2.90. The van der Waals surface area contributed by atoms with Gasteiger partial charge in [-0.05, 0) is 13.0 Å². The number of methoxy groups -OCH3 is 1. The first-order valence-corrected chi connectivity index (χ1v) is 7.74. The largest absolute Gasteiger partial charge is 0.389 e. The van der Waals surface area contributed by atoms with Crippen molar-refractivity contribution in [2.45, 2.75) is 23.8 Å². The Morgan fingerprint density at radius 2 is 2.19 bits per heavy atom. The van der Waals surface area contributed by atoms with Gasteiger partial charge in [0.25, 0.3) is 5.91 Å². The van der Waals surface area contributed by atoms with Crippen molar-refractivity contribution in [1.82, 2.24) is 9.29 Å². The quantitative estimate of drug-likeness (QED) is 0.578. The van der Waals surface area contributed by atoms with E-state index in [1.807, 2.05) is 0 Å². The van der Waals surface area contributed by atoms with E-state index in [1.54, 1.807) is 0 Å². The molecule has 0 aliphatic rings. The number of nitrogens with one attached hydrogen (secondary N) is 1.